The van der Waals surface area contributed by atoms with Crippen LogP contribution < -0.4 is 0 Å². The first-order chi connectivity index (χ1) is 7.22. The number of rotatable bonds is 5. The first-order valence-corrected chi connectivity index (χ1v) is 9.21. The molecule has 1 rings (SSSR count). The second kappa shape index (κ2) is 4.61. The minimum atomic E-state index is -1.64. The van der Waals surface area contributed by atoms with Gasteiger partial charge in [-0.1, -0.05) is 27.2 Å². The average molecular weight is 242 g/mol. The van der Waals surface area contributed by atoms with Gasteiger partial charge in [-0.25, -0.2) is 0 Å². The Kier molecular flexibility index (Phi) is 4.01. The Hall–Kier alpha value is -0.153. The van der Waals surface area contributed by atoms with Crippen molar-refractivity contribution in [2.75, 3.05) is 6.61 Å². The molecule has 94 valence electrons. The smallest absolute Gasteiger partial charge is 0.192 e. The lowest BCUT2D eigenvalue weighted by molar-refractivity contribution is -0.112. The van der Waals surface area contributed by atoms with Gasteiger partial charge >= 0.3 is 0 Å². The van der Waals surface area contributed by atoms with Crippen molar-refractivity contribution in [3.05, 3.63) is 0 Å². The van der Waals surface area contributed by atoms with Crippen LogP contribution in [0.5, 0.6) is 0 Å². The molecular weight excluding hydrogens is 216 g/mol. The molecule has 1 saturated carbocycles. The summed E-state index contributed by atoms with van der Waals surface area (Å²) in [6.45, 7) is 12.1. The van der Waals surface area contributed by atoms with Crippen molar-refractivity contribution >= 4 is 14.6 Å². The average Bonchev–Trinajstić information content (AvgIpc) is 2.07. The Morgan fingerprint density at radius 3 is 2.19 bits per heavy atom. The lowest BCUT2D eigenvalue weighted by Gasteiger charge is -2.45. The highest BCUT2D eigenvalue weighted by atomic mass is 28.4. The lowest BCUT2D eigenvalue weighted by atomic mass is 9.68. The molecule has 0 aromatic heterocycles. The van der Waals surface area contributed by atoms with Crippen molar-refractivity contribution in [3.63, 3.8) is 0 Å². The van der Waals surface area contributed by atoms with Crippen LogP contribution in [0.15, 0.2) is 0 Å². The van der Waals surface area contributed by atoms with Crippen molar-refractivity contribution in [1.82, 2.24) is 0 Å². The molecule has 0 aliphatic heterocycles. The zero-order valence-electron chi connectivity index (χ0n) is 11.4. The monoisotopic (exact) mass is 242 g/mol. The highest BCUT2D eigenvalue weighted by Crippen LogP contribution is 2.45. The van der Waals surface area contributed by atoms with E-state index in [1.165, 1.54) is 19.3 Å². The van der Waals surface area contributed by atoms with E-state index in [1.54, 1.807) is 0 Å². The summed E-state index contributed by atoms with van der Waals surface area (Å²) in [5.41, 5.74) is 0.192. The van der Waals surface area contributed by atoms with Gasteiger partial charge in [-0.3, -0.25) is 0 Å². The predicted molar refractivity (Wildman–Crippen MR) is 70.1 cm³/mol. The van der Waals surface area contributed by atoms with Crippen molar-refractivity contribution in [3.8, 4) is 0 Å². The fourth-order valence-electron chi connectivity index (χ4n) is 1.81. The maximum Gasteiger partial charge on any atom is 0.192 e. The molecule has 0 bridgehead atoms. The van der Waals surface area contributed by atoms with Crippen LogP contribution in [0.3, 0.4) is 0 Å². The molecule has 1 aliphatic rings. The van der Waals surface area contributed by atoms with Crippen LogP contribution in [0, 0.1) is 5.41 Å². The summed E-state index contributed by atoms with van der Waals surface area (Å²) < 4.78 is 6.23. The van der Waals surface area contributed by atoms with E-state index in [4.69, 9.17) is 4.43 Å². The summed E-state index contributed by atoms with van der Waals surface area (Å²) in [7, 11) is -1.64. The highest BCUT2D eigenvalue weighted by molar-refractivity contribution is 6.74. The van der Waals surface area contributed by atoms with Gasteiger partial charge in [0.25, 0.3) is 0 Å². The van der Waals surface area contributed by atoms with Crippen LogP contribution in [0.25, 0.3) is 0 Å². The molecule has 0 aromatic carbocycles. The van der Waals surface area contributed by atoms with Gasteiger partial charge in [0, 0.05) is 13.0 Å². The summed E-state index contributed by atoms with van der Waals surface area (Å²) in [6.07, 6.45) is 5.34. The Labute approximate surface area is 101 Å². The van der Waals surface area contributed by atoms with Gasteiger partial charge in [-0.2, -0.15) is 0 Å². The van der Waals surface area contributed by atoms with Crippen molar-refractivity contribution in [2.24, 2.45) is 5.41 Å². The van der Waals surface area contributed by atoms with Crippen LogP contribution in [0.2, 0.25) is 18.1 Å². The third kappa shape index (κ3) is 2.95. The number of aldehydes is 1. The maximum absolute atomic E-state index is 10.7. The van der Waals surface area contributed by atoms with Crippen molar-refractivity contribution in [2.45, 2.75) is 64.6 Å². The van der Waals surface area contributed by atoms with Gasteiger partial charge in [-0.05, 0) is 36.4 Å². The predicted octanol–water partition coefficient (Wildman–Crippen LogP) is 3.77. The topological polar surface area (TPSA) is 26.3 Å². The second-order valence-electron chi connectivity index (χ2n) is 6.77. The van der Waals surface area contributed by atoms with E-state index in [0.29, 0.717) is 6.42 Å². The third-order valence-corrected chi connectivity index (χ3v) is 8.95. The van der Waals surface area contributed by atoms with Crippen LogP contribution >= 0.6 is 0 Å². The molecule has 3 heteroatoms. The van der Waals surface area contributed by atoms with E-state index >= 15 is 0 Å². The molecule has 0 aromatic rings. The second-order valence-corrected chi connectivity index (χ2v) is 11.6. The van der Waals surface area contributed by atoms with Gasteiger partial charge in [0.2, 0.25) is 0 Å². The van der Waals surface area contributed by atoms with E-state index in [1.807, 2.05) is 0 Å². The van der Waals surface area contributed by atoms with Crippen molar-refractivity contribution in [1.29, 1.82) is 0 Å². The normalized spacial score (nSPS) is 20.3. The Morgan fingerprint density at radius 1 is 1.31 bits per heavy atom. The molecule has 2 nitrogen and oxygen atoms in total. The summed E-state index contributed by atoms with van der Waals surface area (Å²) >= 11 is 0. The molecule has 0 amide bonds. The van der Waals surface area contributed by atoms with Crippen LogP contribution in [0.4, 0.5) is 0 Å². The van der Waals surface area contributed by atoms with Gasteiger partial charge < -0.3 is 9.22 Å². The first kappa shape index (κ1) is 13.9. The van der Waals surface area contributed by atoms with E-state index < -0.39 is 8.32 Å². The minimum Gasteiger partial charge on any atom is -0.416 e. The molecule has 0 heterocycles. The molecule has 1 fully saturated rings. The molecule has 0 spiro atoms. The standard InChI is InChI=1S/C13H26O2Si/c1-12(2,3)16(4,5)15-11-13(9-10-14)7-6-8-13/h10H,6-9,11H2,1-5H3. The minimum absolute atomic E-state index is 0.192. The number of carbonyl (C=O) groups is 1. The van der Waals surface area contributed by atoms with E-state index in [9.17, 15) is 4.79 Å². The maximum atomic E-state index is 10.7. The number of hydrogen-bond donors (Lipinski definition) is 0. The Morgan fingerprint density at radius 2 is 1.88 bits per heavy atom. The SMILES string of the molecule is CC(C)(C)[Si](C)(C)OCC1(CC=O)CCC1. The summed E-state index contributed by atoms with van der Waals surface area (Å²) in [4.78, 5) is 10.7. The fourth-order valence-corrected chi connectivity index (χ4v) is 2.91. The quantitative estimate of drug-likeness (QED) is 0.542. The molecule has 0 saturated heterocycles. The Balaban J connectivity index is 2.53. The number of hydrogen-bond acceptors (Lipinski definition) is 2. The van der Waals surface area contributed by atoms with E-state index in [0.717, 1.165) is 12.9 Å². The van der Waals surface area contributed by atoms with E-state index in [2.05, 4.69) is 33.9 Å². The molecule has 16 heavy (non-hydrogen) atoms. The van der Waals surface area contributed by atoms with Gasteiger partial charge in [0.15, 0.2) is 8.32 Å². The molecular formula is C13H26O2Si. The van der Waals surface area contributed by atoms with Crippen LogP contribution in [0.1, 0.15) is 46.5 Å². The molecule has 0 radical (unpaired) electrons. The highest BCUT2D eigenvalue weighted by Gasteiger charge is 2.42. The van der Waals surface area contributed by atoms with Crippen LogP contribution in [-0.4, -0.2) is 21.2 Å². The lowest BCUT2D eigenvalue weighted by Crippen LogP contribution is -2.45. The molecule has 0 atom stereocenters. The van der Waals surface area contributed by atoms with Crippen LogP contribution in [-0.2, 0) is 9.22 Å². The molecule has 0 N–H and O–H groups in total. The molecule has 0 unspecified atom stereocenters. The largest absolute Gasteiger partial charge is 0.416 e. The number of carbonyl (C=O) groups excluding carboxylic acids is 1. The molecule has 1 aliphatic carbocycles. The van der Waals surface area contributed by atoms with Gasteiger partial charge in [0.1, 0.15) is 6.29 Å². The van der Waals surface area contributed by atoms with Gasteiger partial charge in [0.05, 0.1) is 0 Å². The fraction of sp³-hybridized carbons (Fsp3) is 0.923. The zero-order valence-corrected chi connectivity index (χ0v) is 12.4. The zero-order chi connectivity index (χ0) is 12.4. The van der Waals surface area contributed by atoms with Crippen molar-refractivity contribution < 1.29 is 9.22 Å². The first-order valence-electron chi connectivity index (χ1n) is 6.30. The van der Waals surface area contributed by atoms with E-state index in [-0.39, 0.29) is 10.5 Å². The van der Waals surface area contributed by atoms with Gasteiger partial charge in [-0.15, -0.1) is 0 Å². The Bertz CT molecular complexity index is 249. The summed E-state index contributed by atoms with van der Waals surface area (Å²) in [5, 5.41) is 0.263. The third-order valence-electron chi connectivity index (χ3n) is 4.48. The summed E-state index contributed by atoms with van der Waals surface area (Å²) in [6, 6.07) is 0. The summed E-state index contributed by atoms with van der Waals surface area (Å²) in [5.74, 6) is 0.